The lowest BCUT2D eigenvalue weighted by molar-refractivity contribution is -0.123. The predicted molar refractivity (Wildman–Crippen MR) is 61.5 cm³/mol. The predicted octanol–water partition coefficient (Wildman–Crippen LogP) is 0.901. The number of ether oxygens (including phenoxy) is 1. The van der Waals surface area contributed by atoms with E-state index in [-0.39, 0.29) is 17.9 Å². The van der Waals surface area contributed by atoms with Crippen LogP contribution in [-0.2, 0) is 9.53 Å². The Morgan fingerprint density at radius 3 is 2.40 bits per heavy atom. The number of hydrogen-bond donors (Lipinski definition) is 2. The summed E-state index contributed by atoms with van der Waals surface area (Å²) in [5.41, 5.74) is 5.68. The van der Waals surface area contributed by atoms with Crippen molar-refractivity contribution in [3.63, 3.8) is 0 Å². The van der Waals surface area contributed by atoms with Gasteiger partial charge >= 0.3 is 0 Å². The highest BCUT2D eigenvalue weighted by molar-refractivity contribution is 5.81. The summed E-state index contributed by atoms with van der Waals surface area (Å²) >= 11 is 0. The third-order valence-electron chi connectivity index (χ3n) is 2.09. The molecule has 0 aromatic rings. The zero-order valence-electron chi connectivity index (χ0n) is 10.2. The van der Waals surface area contributed by atoms with E-state index in [1.807, 2.05) is 27.7 Å². The lowest BCUT2D eigenvalue weighted by Crippen LogP contribution is -2.44. The van der Waals surface area contributed by atoms with E-state index in [0.717, 1.165) is 6.42 Å². The molecule has 0 aliphatic carbocycles. The number of amides is 1. The molecule has 4 nitrogen and oxygen atoms in total. The first kappa shape index (κ1) is 14.4. The molecule has 0 unspecified atom stereocenters. The molecule has 0 aliphatic rings. The number of carbonyl (C=O) groups excluding carboxylic acids is 1. The third-order valence-corrected chi connectivity index (χ3v) is 2.09. The van der Waals surface area contributed by atoms with Gasteiger partial charge in [0.1, 0.15) is 0 Å². The van der Waals surface area contributed by atoms with E-state index in [2.05, 4.69) is 5.32 Å². The van der Waals surface area contributed by atoms with Crippen LogP contribution in [0.2, 0.25) is 0 Å². The van der Waals surface area contributed by atoms with Crippen molar-refractivity contribution in [2.75, 3.05) is 13.2 Å². The van der Waals surface area contributed by atoms with Gasteiger partial charge in [0.25, 0.3) is 0 Å². The second kappa shape index (κ2) is 7.65. The summed E-state index contributed by atoms with van der Waals surface area (Å²) in [7, 11) is 0. The fourth-order valence-electron chi connectivity index (χ4n) is 1.02. The number of carbonyl (C=O) groups is 1. The highest BCUT2D eigenvalue weighted by Crippen LogP contribution is 1.97. The molecule has 15 heavy (non-hydrogen) atoms. The Morgan fingerprint density at radius 2 is 1.93 bits per heavy atom. The molecule has 0 fully saturated rings. The average molecular weight is 216 g/mol. The van der Waals surface area contributed by atoms with Crippen molar-refractivity contribution in [3.8, 4) is 0 Å². The molecule has 0 aliphatic heterocycles. The lowest BCUT2D eigenvalue weighted by Gasteiger charge is -2.15. The van der Waals surface area contributed by atoms with Crippen molar-refractivity contribution in [2.24, 2.45) is 11.7 Å². The van der Waals surface area contributed by atoms with Crippen LogP contribution in [0, 0.1) is 5.92 Å². The molecule has 90 valence electrons. The molecular formula is C11H24N2O2. The maximum absolute atomic E-state index is 11.4. The van der Waals surface area contributed by atoms with Gasteiger partial charge in [0.05, 0.1) is 12.1 Å². The number of rotatable bonds is 7. The van der Waals surface area contributed by atoms with Gasteiger partial charge in [-0.15, -0.1) is 0 Å². The van der Waals surface area contributed by atoms with Crippen LogP contribution in [0.3, 0.4) is 0 Å². The SMILES string of the molecule is CC(C)OCCCNC(=O)[C@@H](N)C(C)C. The Morgan fingerprint density at radius 1 is 1.33 bits per heavy atom. The van der Waals surface area contributed by atoms with Crippen LogP contribution < -0.4 is 11.1 Å². The number of nitrogens with two attached hydrogens (primary N) is 1. The van der Waals surface area contributed by atoms with Gasteiger partial charge in [-0.2, -0.15) is 0 Å². The Labute approximate surface area is 92.6 Å². The molecule has 0 saturated heterocycles. The van der Waals surface area contributed by atoms with Crippen molar-refractivity contribution in [3.05, 3.63) is 0 Å². The van der Waals surface area contributed by atoms with Crippen LogP contribution in [0.5, 0.6) is 0 Å². The summed E-state index contributed by atoms with van der Waals surface area (Å²) in [5, 5.41) is 2.79. The molecule has 0 aromatic heterocycles. The van der Waals surface area contributed by atoms with Crippen molar-refractivity contribution in [2.45, 2.75) is 46.3 Å². The van der Waals surface area contributed by atoms with Crippen LogP contribution in [0.4, 0.5) is 0 Å². The van der Waals surface area contributed by atoms with Crippen LogP contribution in [0.25, 0.3) is 0 Å². The molecule has 0 spiro atoms. The van der Waals surface area contributed by atoms with E-state index < -0.39 is 6.04 Å². The second-order valence-corrected chi connectivity index (χ2v) is 4.33. The van der Waals surface area contributed by atoms with Gasteiger partial charge in [0, 0.05) is 13.2 Å². The van der Waals surface area contributed by atoms with Gasteiger partial charge in [-0.1, -0.05) is 13.8 Å². The van der Waals surface area contributed by atoms with Gasteiger partial charge in [-0.25, -0.2) is 0 Å². The van der Waals surface area contributed by atoms with E-state index in [9.17, 15) is 4.79 Å². The van der Waals surface area contributed by atoms with Gasteiger partial charge in [0.2, 0.25) is 5.91 Å². The van der Waals surface area contributed by atoms with Crippen molar-refractivity contribution >= 4 is 5.91 Å². The Hall–Kier alpha value is -0.610. The largest absolute Gasteiger partial charge is 0.379 e. The first-order valence-electron chi connectivity index (χ1n) is 5.60. The maximum atomic E-state index is 11.4. The summed E-state index contributed by atoms with van der Waals surface area (Å²) in [6.07, 6.45) is 1.08. The Bertz CT molecular complexity index is 181. The summed E-state index contributed by atoms with van der Waals surface area (Å²) in [5.74, 6) is 0.103. The average Bonchev–Trinajstić information content (AvgIpc) is 2.15. The van der Waals surface area contributed by atoms with Crippen molar-refractivity contribution in [1.82, 2.24) is 5.32 Å². The quantitative estimate of drug-likeness (QED) is 0.621. The summed E-state index contributed by atoms with van der Waals surface area (Å²) < 4.78 is 5.35. The minimum Gasteiger partial charge on any atom is -0.379 e. The molecule has 0 rings (SSSR count). The third kappa shape index (κ3) is 7.33. The normalized spacial score (nSPS) is 13.3. The smallest absolute Gasteiger partial charge is 0.237 e. The minimum atomic E-state index is -0.406. The Balaban J connectivity index is 3.47. The van der Waals surface area contributed by atoms with E-state index in [4.69, 9.17) is 10.5 Å². The molecular weight excluding hydrogens is 192 g/mol. The fourth-order valence-corrected chi connectivity index (χ4v) is 1.02. The zero-order valence-corrected chi connectivity index (χ0v) is 10.2. The molecule has 0 heterocycles. The van der Waals surface area contributed by atoms with E-state index in [0.29, 0.717) is 13.2 Å². The zero-order chi connectivity index (χ0) is 11.8. The highest BCUT2D eigenvalue weighted by Gasteiger charge is 2.15. The standard InChI is InChI=1S/C11H24N2O2/c1-8(2)10(12)11(14)13-6-5-7-15-9(3)4/h8-10H,5-7,12H2,1-4H3,(H,13,14)/t10-/m0/s1. The van der Waals surface area contributed by atoms with Crippen molar-refractivity contribution in [1.29, 1.82) is 0 Å². The van der Waals surface area contributed by atoms with Crippen LogP contribution in [0.1, 0.15) is 34.1 Å². The molecule has 0 saturated carbocycles. The van der Waals surface area contributed by atoms with Crippen LogP contribution in [-0.4, -0.2) is 31.2 Å². The van der Waals surface area contributed by atoms with E-state index >= 15 is 0 Å². The Kier molecular flexibility index (Phi) is 7.34. The minimum absolute atomic E-state index is 0.0745. The van der Waals surface area contributed by atoms with Gasteiger partial charge in [-0.3, -0.25) is 4.79 Å². The number of hydrogen-bond acceptors (Lipinski definition) is 3. The molecule has 3 N–H and O–H groups in total. The topological polar surface area (TPSA) is 64.3 Å². The summed E-state index contributed by atoms with van der Waals surface area (Å²) in [6.45, 7) is 9.17. The maximum Gasteiger partial charge on any atom is 0.237 e. The summed E-state index contributed by atoms with van der Waals surface area (Å²) in [4.78, 5) is 11.4. The van der Waals surface area contributed by atoms with Crippen LogP contribution >= 0.6 is 0 Å². The molecule has 1 atom stereocenters. The van der Waals surface area contributed by atoms with Gasteiger partial charge in [0.15, 0.2) is 0 Å². The monoisotopic (exact) mass is 216 g/mol. The van der Waals surface area contributed by atoms with E-state index in [1.54, 1.807) is 0 Å². The highest BCUT2D eigenvalue weighted by atomic mass is 16.5. The molecule has 0 bridgehead atoms. The van der Waals surface area contributed by atoms with Crippen LogP contribution in [0.15, 0.2) is 0 Å². The van der Waals surface area contributed by atoms with E-state index in [1.165, 1.54) is 0 Å². The molecule has 4 heteroatoms. The van der Waals surface area contributed by atoms with Gasteiger partial charge < -0.3 is 15.8 Å². The summed E-state index contributed by atoms with van der Waals surface area (Å²) in [6, 6.07) is -0.406. The first-order chi connectivity index (χ1) is 6.95. The lowest BCUT2D eigenvalue weighted by atomic mass is 10.1. The first-order valence-corrected chi connectivity index (χ1v) is 5.60. The van der Waals surface area contributed by atoms with Crippen molar-refractivity contribution < 1.29 is 9.53 Å². The number of nitrogens with one attached hydrogen (secondary N) is 1. The fraction of sp³-hybridized carbons (Fsp3) is 0.909. The molecule has 0 radical (unpaired) electrons. The second-order valence-electron chi connectivity index (χ2n) is 4.33. The molecule has 0 aromatic carbocycles. The molecule has 1 amide bonds. The van der Waals surface area contributed by atoms with Gasteiger partial charge in [-0.05, 0) is 26.2 Å².